The number of fused-ring (bicyclic) bond motifs is 1. The number of methoxy groups -OCH3 is 1. The summed E-state index contributed by atoms with van der Waals surface area (Å²) in [6, 6.07) is 2.17. The number of pyridine rings is 1. The smallest absolute Gasteiger partial charge is 0.410 e. The molecule has 0 bridgehead atoms. The summed E-state index contributed by atoms with van der Waals surface area (Å²) in [4.78, 5) is 14.1. The van der Waals surface area contributed by atoms with Crippen LogP contribution in [0.3, 0.4) is 0 Å². The molecule has 1 aliphatic rings. The normalized spacial score (nSPS) is 14.7. The number of nitrogens with zero attached hydrogens (tertiary/aromatic N) is 6. The lowest BCUT2D eigenvalue weighted by atomic mass is 10.0. The average molecular weight is 457 g/mol. The van der Waals surface area contributed by atoms with E-state index in [1.54, 1.807) is 12.0 Å². The molecule has 9 nitrogen and oxygen atoms in total. The Morgan fingerprint density at radius 1 is 1.15 bits per heavy atom. The molecule has 4 heterocycles. The van der Waals surface area contributed by atoms with Crippen LogP contribution in [0, 0.1) is 13.8 Å². The fraction of sp³-hybridized carbons (Fsp3) is 0.583. The minimum absolute atomic E-state index is 0.192. The Labute approximate surface area is 195 Å². The van der Waals surface area contributed by atoms with E-state index in [1.807, 2.05) is 76.1 Å². The second-order valence-corrected chi connectivity index (χ2v) is 9.08. The molecule has 0 N–H and O–H groups in total. The van der Waals surface area contributed by atoms with E-state index < -0.39 is 5.60 Å². The van der Waals surface area contributed by atoms with Gasteiger partial charge in [0, 0.05) is 24.8 Å². The topological polar surface area (TPSA) is 86.8 Å². The molecule has 0 spiro atoms. The van der Waals surface area contributed by atoms with Crippen molar-refractivity contribution < 1.29 is 14.3 Å². The zero-order valence-electron chi connectivity index (χ0n) is 21.0. The van der Waals surface area contributed by atoms with Crippen molar-refractivity contribution in [2.24, 2.45) is 0 Å². The quantitative estimate of drug-likeness (QED) is 0.562. The van der Waals surface area contributed by atoms with Crippen molar-refractivity contribution in [1.29, 1.82) is 0 Å². The molecule has 0 unspecified atom stereocenters. The van der Waals surface area contributed by atoms with Gasteiger partial charge in [0.05, 0.1) is 25.0 Å². The van der Waals surface area contributed by atoms with Crippen LogP contribution in [0.5, 0.6) is 5.75 Å². The molecule has 3 aromatic heterocycles. The number of hydrogen-bond acceptors (Lipinski definition) is 6. The van der Waals surface area contributed by atoms with E-state index >= 15 is 0 Å². The largest absolute Gasteiger partial charge is 0.494 e. The molecule has 0 atom stereocenters. The molecule has 33 heavy (non-hydrogen) atoms. The van der Waals surface area contributed by atoms with Crippen molar-refractivity contribution in [3.63, 3.8) is 0 Å². The number of likely N-dealkylation sites (tertiary alicyclic amines) is 1. The Bertz CT molecular complexity index is 1100. The Hall–Kier alpha value is -3.10. The molecule has 3 aromatic rings. The number of amides is 1. The second-order valence-electron chi connectivity index (χ2n) is 9.08. The molecule has 0 aromatic carbocycles. The third-order valence-corrected chi connectivity index (χ3v) is 5.64. The lowest BCUT2D eigenvalue weighted by Gasteiger charge is -2.33. The Morgan fingerprint density at radius 2 is 1.82 bits per heavy atom. The lowest BCUT2D eigenvalue weighted by Crippen LogP contribution is -2.42. The minimum Gasteiger partial charge on any atom is -0.494 e. The maximum Gasteiger partial charge on any atom is 0.410 e. The molecule has 1 fully saturated rings. The van der Waals surface area contributed by atoms with Crippen molar-refractivity contribution >= 4 is 11.6 Å². The van der Waals surface area contributed by atoms with Crippen molar-refractivity contribution in [2.75, 3.05) is 20.2 Å². The van der Waals surface area contributed by atoms with Crippen molar-refractivity contribution in [2.45, 2.75) is 73.0 Å². The predicted octanol–water partition coefficient (Wildman–Crippen LogP) is 4.82. The third-order valence-electron chi connectivity index (χ3n) is 5.64. The van der Waals surface area contributed by atoms with Gasteiger partial charge < -0.3 is 14.4 Å². The first-order valence-corrected chi connectivity index (χ1v) is 11.6. The van der Waals surface area contributed by atoms with Crippen LogP contribution in [0.2, 0.25) is 0 Å². The fourth-order valence-corrected chi connectivity index (χ4v) is 4.09. The number of aromatic nitrogens is 5. The SMILES string of the molecule is CC.COc1cc(-c2nnn(C3CCN(C(=O)OC(C)(C)C)CC3)c2C)cn2ncc(C)c12. The first kappa shape index (κ1) is 24.5. The molecule has 0 saturated carbocycles. The highest BCUT2D eigenvalue weighted by atomic mass is 16.6. The number of piperidine rings is 1. The van der Waals surface area contributed by atoms with Gasteiger partial charge in [-0.25, -0.2) is 14.0 Å². The zero-order chi connectivity index (χ0) is 24.3. The van der Waals surface area contributed by atoms with E-state index in [0.717, 1.165) is 46.6 Å². The summed E-state index contributed by atoms with van der Waals surface area (Å²) in [5.41, 5.74) is 4.22. The summed E-state index contributed by atoms with van der Waals surface area (Å²) in [6.45, 7) is 15.0. The highest BCUT2D eigenvalue weighted by Crippen LogP contribution is 2.32. The Balaban J connectivity index is 0.00000149. The molecule has 1 amide bonds. The number of aryl methyl sites for hydroxylation is 1. The highest BCUT2D eigenvalue weighted by molar-refractivity contribution is 5.72. The van der Waals surface area contributed by atoms with Gasteiger partial charge in [-0.2, -0.15) is 5.10 Å². The monoisotopic (exact) mass is 456 g/mol. The zero-order valence-corrected chi connectivity index (χ0v) is 21.0. The van der Waals surface area contributed by atoms with Crippen LogP contribution in [-0.2, 0) is 4.74 Å². The fourth-order valence-electron chi connectivity index (χ4n) is 4.09. The molecule has 180 valence electrons. The molecule has 0 radical (unpaired) electrons. The van der Waals surface area contributed by atoms with Gasteiger partial charge in [0.25, 0.3) is 0 Å². The number of rotatable bonds is 3. The molecular formula is C24H36N6O3. The van der Waals surface area contributed by atoms with Crippen LogP contribution < -0.4 is 4.74 Å². The molecule has 0 aliphatic carbocycles. The average Bonchev–Trinajstić information content (AvgIpc) is 3.36. The van der Waals surface area contributed by atoms with Gasteiger partial charge in [-0.3, -0.25) is 0 Å². The summed E-state index contributed by atoms with van der Waals surface area (Å²) < 4.78 is 14.9. The maximum absolute atomic E-state index is 12.3. The van der Waals surface area contributed by atoms with Crippen molar-refractivity contribution in [3.8, 4) is 17.0 Å². The summed E-state index contributed by atoms with van der Waals surface area (Å²) in [6.07, 6.45) is 5.14. The van der Waals surface area contributed by atoms with E-state index in [4.69, 9.17) is 9.47 Å². The molecule has 1 saturated heterocycles. The summed E-state index contributed by atoms with van der Waals surface area (Å²) in [7, 11) is 1.66. The number of hydrogen-bond donors (Lipinski definition) is 0. The minimum atomic E-state index is -0.486. The molecule has 9 heteroatoms. The van der Waals surface area contributed by atoms with Crippen LogP contribution >= 0.6 is 0 Å². The highest BCUT2D eigenvalue weighted by Gasteiger charge is 2.29. The van der Waals surface area contributed by atoms with Gasteiger partial charge in [-0.15, -0.1) is 5.10 Å². The summed E-state index contributed by atoms with van der Waals surface area (Å²) in [5.74, 6) is 0.757. The van der Waals surface area contributed by atoms with Gasteiger partial charge in [-0.1, -0.05) is 19.1 Å². The Morgan fingerprint density at radius 3 is 2.42 bits per heavy atom. The molecule has 4 rings (SSSR count). The number of carbonyl (C=O) groups excluding carboxylic acids is 1. The van der Waals surface area contributed by atoms with Crippen LogP contribution in [0.1, 0.15) is 64.8 Å². The van der Waals surface area contributed by atoms with Gasteiger partial charge in [0.15, 0.2) is 0 Å². The molecule has 1 aliphatic heterocycles. The van der Waals surface area contributed by atoms with E-state index in [9.17, 15) is 4.79 Å². The molecular weight excluding hydrogens is 420 g/mol. The summed E-state index contributed by atoms with van der Waals surface area (Å²) in [5, 5.41) is 13.3. The van der Waals surface area contributed by atoms with Crippen LogP contribution in [0.4, 0.5) is 4.79 Å². The number of ether oxygens (including phenoxy) is 2. The van der Waals surface area contributed by atoms with Crippen LogP contribution in [-0.4, -0.2) is 61.4 Å². The maximum atomic E-state index is 12.3. The predicted molar refractivity (Wildman–Crippen MR) is 128 cm³/mol. The number of carbonyl (C=O) groups is 1. The Kier molecular flexibility index (Phi) is 7.29. The van der Waals surface area contributed by atoms with E-state index in [0.29, 0.717) is 13.1 Å². The van der Waals surface area contributed by atoms with E-state index in [1.165, 1.54) is 0 Å². The van der Waals surface area contributed by atoms with Gasteiger partial charge in [0.2, 0.25) is 0 Å². The van der Waals surface area contributed by atoms with Crippen LogP contribution in [0.15, 0.2) is 18.5 Å². The first-order valence-electron chi connectivity index (χ1n) is 11.6. The third kappa shape index (κ3) is 5.12. The van der Waals surface area contributed by atoms with Crippen molar-refractivity contribution in [1.82, 2.24) is 29.5 Å². The van der Waals surface area contributed by atoms with Crippen molar-refractivity contribution in [3.05, 3.63) is 29.7 Å². The lowest BCUT2D eigenvalue weighted by molar-refractivity contribution is 0.0184. The van der Waals surface area contributed by atoms with E-state index in [-0.39, 0.29) is 12.1 Å². The second kappa shape index (κ2) is 9.80. The standard InChI is InChI=1S/C22H30N6O3.C2H6/c1-14-12-23-27-13-16(11-18(30-6)20(14)27)19-15(2)28(25-24-19)17-7-9-26(10-8-17)21(29)31-22(3,4)5;1-2/h11-13,17H,7-10H2,1-6H3;1-2H3. The van der Waals surface area contributed by atoms with Crippen LogP contribution in [0.25, 0.3) is 16.8 Å². The summed E-state index contributed by atoms with van der Waals surface area (Å²) >= 11 is 0. The van der Waals surface area contributed by atoms with E-state index in [2.05, 4.69) is 15.4 Å². The van der Waals surface area contributed by atoms with Gasteiger partial charge >= 0.3 is 6.09 Å². The van der Waals surface area contributed by atoms with Gasteiger partial charge in [-0.05, 0) is 59.1 Å². The van der Waals surface area contributed by atoms with Gasteiger partial charge in [0.1, 0.15) is 22.6 Å². The first-order chi connectivity index (χ1) is 15.7.